The lowest BCUT2D eigenvalue weighted by molar-refractivity contribution is 0.0686. The Bertz CT molecular complexity index is 1530. The highest BCUT2D eigenvalue weighted by Crippen LogP contribution is 2.33. The van der Waals surface area contributed by atoms with Crippen LogP contribution in [-0.4, -0.2) is 41.1 Å². The summed E-state index contributed by atoms with van der Waals surface area (Å²) in [7, 11) is 0. The molecule has 0 radical (unpaired) electrons. The molecule has 0 aromatic heterocycles. The van der Waals surface area contributed by atoms with Crippen LogP contribution in [0, 0.1) is 13.8 Å². The molecule has 1 amide bonds. The molecule has 7 heteroatoms. The summed E-state index contributed by atoms with van der Waals surface area (Å²) in [6.07, 6.45) is 1.29. The van der Waals surface area contributed by atoms with Crippen molar-refractivity contribution in [2.24, 2.45) is 0 Å². The quantitative estimate of drug-likeness (QED) is 0.225. The third-order valence-corrected chi connectivity index (χ3v) is 6.46. The third-order valence-electron chi connectivity index (χ3n) is 6.46. The van der Waals surface area contributed by atoms with Gasteiger partial charge in [-0.3, -0.25) is 4.79 Å². The second kappa shape index (κ2) is 11.6. The van der Waals surface area contributed by atoms with Crippen LogP contribution in [0.3, 0.4) is 0 Å². The maximum absolute atomic E-state index is 13.2. The average molecular weight is 511 g/mol. The van der Waals surface area contributed by atoms with E-state index in [1.165, 1.54) is 18.2 Å². The summed E-state index contributed by atoms with van der Waals surface area (Å²) in [4.78, 5) is 37.5. The van der Waals surface area contributed by atoms with Crippen molar-refractivity contribution >= 4 is 34.3 Å². The fourth-order valence-electron chi connectivity index (χ4n) is 4.68. The van der Waals surface area contributed by atoms with Gasteiger partial charge in [0.2, 0.25) is 0 Å². The molecule has 4 aromatic carbocycles. The van der Waals surface area contributed by atoms with Gasteiger partial charge in [0, 0.05) is 35.1 Å². The van der Waals surface area contributed by atoms with Gasteiger partial charge < -0.3 is 20.8 Å². The molecular formula is C31H30N2O5. The number of carbonyl (C=O) groups excluding carboxylic acids is 1. The number of aromatic carboxylic acids is 2. The van der Waals surface area contributed by atoms with Crippen LogP contribution in [0.15, 0.2) is 72.8 Å². The molecule has 0 saturated heterocycles. The van der Waals surface area contributed by atoms with Gasteiger partial charge >= 0.3 is 11.9 Å². The zero-order chi connectivity index (χ0) is 27.2. The molecule has 0 aliphatic rings. The first-order chi connectivity index (χ1) is 18.2. The Morgan fingerprint density at radius 1 is 0.658 bits per heavy atom. The molecule has 0 atom stereocenters. The molecule has 38 heavy (non-hydrogen) atoms. The van der Waals surface area contributed by atoms with E-state index in [4.69, 9.17) is 0 Å². The molecule has 4 aromatic rings. The summed E-state index contributed by atoms with van der Waals surface area (Å²) in [5.74, 6) is -2.90. The Balaban J connectivity index is 1.67. The molecule has 0 bridgehead atoms. The van der Waals surface area contributed by atoms with Crippen LogP contribution in [0.1, 0.15) is 53.3 Å². The highest BCUT2D eigenvalue weighted by atomic mass is 16.4. The van der Waals surface area contributed by atoms with Crippen LogP contribution in [0.4, 0.5) is 5.69 Å². The zero-order valence-electron chi connectivity index (χ0n) is 21.4. The minimum atomic E-state index is -1.24. The van der Waals surface area contributed by atoms with Crippen molar-refractivity contribution < 1.29 is 24.6 Å². The van der Waals surface area contributed by atoms with Crippen molar-refractivity contribution in [3.05, 3.63) is 112 Å². The predicted octanol–water partition coefficient (Wildman–Crippen LogP) is 5.48. The van der Waals surface area contributed by atoms with E-state index in [1.807, 2.05) is 56.3 Å². The average Bonchev–Trinajstić information content (AvgIpc) is 2.87. The van der Waals surface area contributed by atoms with Gasteiger partial charge in [0.15, 0.2) is 0 Å². The van der Waals surface area contributed by atoms with Crippen molar-refractivity contribution in [3.8, 4) is 0 Å². The number of aryl methyl sites for hydroxylation is 2. The van der Waals surface area contributed by atoms with Gasteiger partial charge in [-0.05, 0) is 62.1 Å². The standard InChI is InChI=1S/C31H30N2O5/c1-19-5-3-7-21(17-19)13-15-32-26-12-11-24(30(35)36)27-23(9-10-25(28(26)27)31(37)38)29(34)33-16-14-22-8-4-6-20(2)18-22/h3-12,17-18,32H,13-16H2,1-2H3,(H,33,34)(H,35,36)(H,37,38). The molecule has 4 N–H and O–H groups in total. The monoisotopic (exact) mass is 510 g/mol. The number of benzene rings is 4. The molecule has 0 aliphatic carbocycles. The van der Waals surface area contributed by atoms with E-state index in [0.29, 0.717) is 31.6 Å². The first kappa shape index (κ1) is 26.4. The molecule has 0 aliphatic heterocycles. The summed E-state index contributed by atoms with van der Waals surface area (Å²) < 4.78 is 0. The Labute approximate surface area is 221 Å². The van der Waals surface area contributed by atoms with Gasteiger partial charge in [0.05, 0.1) is 11.1 Å². The summed E-state index contributed by atoms with van der Waals surface area (Å²) in [6.45, 7) is 4.86. The fraction of sp³-hybridized carbons (Fsp3) is 0.194. The van der Waals surface area contributed by atoms with Crippen molar-refractivity contribution in [1.82, 2.24) is 5.32 Å². The van der Waals surface area contributed by atoms with E-state index in [2.05, 4.69) is 16.7 Å². The lowest BCUT2D eigenvalue weighted by Gasteiger charge is -2.17. The van der Waals surface area contributed by atoms with Gasteiger partial charge in [-0.25, -0.2) is 9.59 Å². The molecule has 194 valence electrons. The molecule has 0 heterocycles. The Hall–Kier alpha value is -4.65. The van der Waals surface area contributed by atoms with Crippen molar-refractivity contribution in [2.45, 2.75) is 26.7 Å². The van der Waals surface area contributed by atoms with E-state index < -0.39 is 17.8 Å². The molecule has 0 fully saturated rings. The minimum Gasteiger partial charge on any atom is -0.478 e. The van der Waals surface area contributed by atoms with Crippen LogP contribution in [0.25, 0.3) is 10.8 Å². The molecule has 0 spiro atoms. The maximum Gasteiger partial charge on any atom is 0.336 e. The number of fused-ring (bicyclic) bond motifs is 1. The molecular weight excluding hydrogens is 480 g/mol. The van der Waals surface area contributed by atoms with E-state index in [-0.39, 0.29) is 27.5 Å². The van der Waals surface area contributed by atoms with E-state index in [9.17, 15) is 24.6 Å². The van der Waals surface area contributed by atoms with E-state index in [0.717, 1.165) is 22.3 Å². The first-order valence-corrected chi connectivity index (χ1v) is 12.4. The first-order valence-electron chi connectivity index (χ1n) is 12.4. The van der Waals surface area contributed by atoms with Crippen LogP contribution in [0.2, 0.25) is 0 Å². The summed E-state index contributed by atoms with van der Waals surface area (Å²) >= 11 is 0. The van der Waals surface area contributed by atoms with Crippen LogP contribution < -0.4 is 10.6 Å². The summed E-state index contributed by atoms with van der Waals surface area (Å²) in [5, 5.41) is 26.3. The molecule has 0 saturated carbocycles. The highest BCUT2D eigenvalue weighted by molar-refractivity contribution is 6.21. The largest absolute Gasteiger partial charge is 0.478 e. The van der Waals surface area contributed by atoms with Crippen LogP contribution in [0.5, 0.6) is 0 Å². The van der Waals surface area contributed by atoms with Crippen molar-refractivity contribution in [2.75, 3.05) is 18.4 Å². The number of carboxylic acid groups (broad SMARTS) is 2. The Kier molecular flexibility index (Phi) is 8.06. The van der Waals surface area contributed by atoms with Gasteiger partial charge in [-0.2, -0.15) is 0 Å². The van der Waals surface area contributed by atoms with Gasteiger partial charge in [-0.1, -0.05) is 59.7 Å². The number of carbonyl (C=O) groups is 3. The Morgan fingerprint density at radius 2 is 1.18 bits per heavy atom. The number of nitrogens with one attached hydrogen (secondary N) is 2. The van der Waals surface area contributed by atoms with Crippen LogP contribution >= 0.6 is 0 Å². The molecule has 4 rings (SSSR count). The lowest BCUT2D eigenvalue weighted by Crippen LogP contribution is -2.26. The second-order valence-corrected chi connectivity index (χ2v) is 9.34. The molecule has 0 unspecified atom stereocenters. The minimum absolute atomic E-state index is 0.0718. The van der Waals surface area contributed by atoms with Crippen molar-refractivity contribution in [3.63, 3.8) is 0 Å². The summed E-state index contributed by atoms with van der Waals surface area (Å²) in [6, 6.07) is 21.8. The second-order valence-electron chi connectivity index (χ2n) is 9.34. The van der Waals surface area contributed by atoms with Crippen molar-refractivity contribution in [1.29, 1.82) is 0 Å². The number of hydrogen-bond acceptors (Lipinski definition) is 4. The normalized spacial score (nSPS) is 10.8. The number of carboxylic acids is 2. The lowest BCUT2D eigenvalue weighted by atomic mass is 9.93. The maximum atomic E-state index is 13.2. The smallest absolute Gasteiger partial charge is 0.336 e. The van der Waals surface area contributed by atoms with Gasteiger partial charge in [0.25, 0.3) is 5.91 Å². The van der Waals surface area contributed by atoms with E-state index in [1.54, 1.807) is 6.07 Å². The number of amides is 1. The van der Waals surface area contributed by atoms with Gasteiger partial charge in [-0.15, -0.1) is 0 Å². The SMILES string of the molecule is Cc1cccc(CCNC(=O)c2ccc(C(=O)O)c3c(NCCc4cccc(C)c4)ccc(C(=O)O)c23)c1. The predicted molar refractivity (Wildman–Crippen MR) is 148 cm³/mol. The highest BCUT2D eigenvalue weighted by Gasteiger charge is 2.23. The summed E-state index contributed by atoms with van der Waals surface area (Å²) in [5.41, 5.74) is 4.84. The third kappa shape index (κ3) is 6.00. The number of anilines is 1. The zero-order valence-corrected chi connectivity index (χ0v) is 21.4. The fourth-order valence-corrected chi connectivity index (χ4v) is 4.68. The molecule has 7 nitrogen and oxygen atoms in total. The Morgan fingerprint density at radius 3 is 1.76 bits per heavy atom. The topological polar surface area (TPSA) is 116 Å². The van der Waals surface area contributed by atoms with Crippen LogP contribution in [-0.2, 0) is 12.8 Å². The number of hydrogen-bond donors (Lipinski definition) is 4. The van der Waals surface area contributed by atoms with E-state index >= 15 is 0 Å². The van der Waals surface area contributed by atoms with Gasteiger partial charge in [0.1, 0.15) is 0 Å². The number of rotatable bonds is 10.